The van der Waals surface area contributed by atoms with E-state index >= 15 is 0 Å². The Bertz CT molecular complexity index is 1300. The van der Waals surface area contributed by atoms with Gasteiger partial charge < -0.3 is 13.9 Å². The van der Waals surface area contributed by atoms with Crippen LogP contribution in [0.3, 0.4) is 0 Å². The molecular formula is C28H23NO7. The van der Waals surface area contributed by atoms with Gasteiger partial charge in [-0.15, -0.1) is 0 Å². The summed E-state index contributed by atoms with van der Waals surface area (Å²) in [5.74, 6) is 0.133. The number of anilines is 1. The molecule has 2 aromatic carbocycles. The van der Waals surface area contributed by atoms with Gasteiger partial charge >= 0.3 is 5.97 Å². The Balaban J connectivity index is 1.05. The van der Waals surface area contributed by atoms with E-state index in [0.717, 1.165) is 19.3 Å². The average molecular weight is 485 g/mol. The van der Waals surface area contributed by atoms with Crippen molar-refractivity contribution < 1.29 is 33.1 Å². The lowest BCUT2D eigenvalue weighted by molar-refractivity contribution is -0.123. The first-order valence-corrected chi connectivity index (χ1v) is 12.0. The van der Waals surface area contributed by atoms with E-state index in [1.807, 2.05) is 0 Å². The largest absolute Gasteiger partial charge is 0.485 e. The van der Waals surface area contributed by atoms with E-state index in [0.29, 0.717) is 28.8 Å². The first-order chi connectivity index (χ1) is 17.5. The number of ether oxygens (including phenoxy) is 2. The molecule has 0 spiro atoms. The standard InChI is InChI=1S/C28H23NO7/c30-22(16-5-9-21(10-6-16)36-28(33)23-2-1-13-34-23)15-35-20-11-7-19(8-12-20)29-26(31)24-17-3-4-18(14-17)25(24)27(29)32/h1-2,5-13,17-18,24-25H,3-4,14-15H2. The van der Waals surface area contributed by atoms with Crippen molar-refractivity contribution >= 4 is 29.3 Å². The summed E-state index contributed by atoms with van der Waals surface area (Å²) in [6.07, 6.45) is 4.46. The fourth-order valence-electron chi connectivity index (χ4n) is 5.85. The van der Waals surface area contributed by atoms with Crippen molar-refractivity contribution in [3.63, 3.8) is 0 Å². The van der Waals surface area contributed by atoms with Gasteiger partial charge in [-0.3, -0.25) is 19.3 Å². The number of nitrogens with zero attached hydrogens (tertiary/aromatic N) is 1. The first kappa shape index (κ1) is 22.3. The zero-order valence-corrected chi connectivity index (χ0v) is 19.3. The number of imide groups is 1. The normalized spacial score (nSPS) is 24.2. The average Bonchev–Trinajstić information content (AvgIpc) is 3.69. The van der Waals surface area contributed by atoms with Gasteiger partial charge in [0.05, 0.1) is 23.8 Å². The van der Waals surface area contributed by atoms with Gasteiger partial charge in [0.15, 0.2) is 12.4 Å². The van der Waals surface area contributed by atoms with Crippen molar-refractivity contribution in [2.24, 2.45) is 23.7 Å². The van der Waals surface area contributed by atoms with Crippen molar-refractivity contribution in [1.29, 1.82) is 0 Å². The number of benzene rings is 2. The number of hydrogen-bond acceptors (Lipinski definition) is 7. The molecule has 0 radical (unpaired) electrons. The lowest BCUT2D eigenvalue weighted by atomic mass is 9.81. The highest BCUT2D eigenvalue weighted by molar-refractivity contribution is 6.22. The monoisotopic (exact) mass is 485 g/mol. The summed E-state index contributed by atoms with van der Waals surface area (Å²) in [4.78, 5) is 51.8. The van der Waals surface area contributed by atoms with Crippen LogP contribution in [-0.4, -0.2) is 30.2 Å². The predicted molar refractivity (Wildman–Crippen MR) is 127 cm³/mol. The van der Waals surface area contributed by atoms with Crippen LogP contribution in [0.2, 0.25) is 0 Å². The van der Waals surface area contributed by atoms with E-state index in [9.17, 15) is 19.2 Å². The number of hydrogen-bond donors (Lipinski definition) is 0. The van der Waals surface area contributed by atoms with Gasteiger partial charge in [-0.2, -0.15) is 0 Å². The summed E-state index contributed by atoms with van der Waals surface area (Å²) in [6, 6.07) is 15.9. The maximum atomic E-state index is 13.0. The Morgan fingerprint density at radius 1 is 0.861 bits per heavy atom. The highest BCUT2D eigenvalue weighted by Crippen LogP contribution is 2.56. The summed E-state index contributed by atoms with van der Waals surface area (Å²) < 4.78 is 15.8. The minimum atomic E-state index is -0.626. The molecule has 3 aromatic rings. The Labute approximate surface area is 206 Å². The van der Waals surface area contributed by atoms with Crippen LogP contribution in [0, 0.1) is 23.7 Å². The molecule has 2 bridgehead atoms. The van der Waals surface area contributed by atoms with Crippen molar-refractivity contribution in [1.82, 2.24) is 0 Å². The SMILES string of the molecule is O=C(COc1ccc(N2C(=O)C3C4CCC(C4)C3C2=O)cc1)c1ccc(OC(=O)c2ccco2)cc1. The van der Waals surface area contributed by atoms with Crippen LogP contribution >= 0.6 is 0 Å². The van der Waals surface area contributed by atoms with Crippen molar-refractivity contribution in [2.45, 2.75) is 19.3 Å². The smallest absolute Gasteiger partial charge is 0.379 e. The summed E-state index contributed by atoms with van der Waals surface area (Å²) in [7, 11) is 0. The molecule has 3 fully saturated rings. The van der Waals surface area contributed by atoms with Gasteiger partial charge in [0.2, 0.25) is 17.6 Å². The Morgan fingerprint density at radius 2 is 1.50 bits per heavy atom. The number of amides is 2. The van der Waals surface area contributed by atoms with E-state index in [2.05, 4.69) is 0 Å². The Hall–Kier alpha value is -4.20. The second-order valence-electron chi connectivity index (χ2n) is 9.49. The number of ketones is 1. The van der Waals surface area contributed by atoms with E-state index in [4.69, 9.17) is 13.9 Å². The highest BCUT2D eigenvalue weighted by atomic mass is 16.5. The lowest BCUT2D eigenvalue weighted by Gasteiger charge is -2.19. The number of fused-ring (bicyclic) bond motifs is 5. The lowest BCUT2D eigenvalue weighted by Crippen LogP contribution is -2.32. The number of carbonyl (C=O) groups is 4. The number of rotatable bonds is 7. The molecule has 1 aliphatic heterocycles. The molecule has 6 rings (SSSR count). The van der Waals surface area contributed by atoms with Gasteiger partial charge in [0, 0.05) is 5.56 Å². The van der Waals surface area contributed by atoms with Crippen LogP contribution in [0.4, 0.5) is 5.69 Å². The number of furan rings is 1. The predicted octanol–water partition coefficient (Wildman–Crippen LogP) is 4.30. The van der Waals surface area contributed by atoms with Gasteiger partial charge in [0.25, 0.3) is 0 Å². The molecule has 4 unspecified atom stereocenters. The molecule has 2 aliphatic carbocycles. The van der Waals surface area contributed by atoms with E-state index in [-0.39, 0.29) is 47.6 Å². The van der Waals surface area contributed by atoms with Crippen LogP contribution in [0.25, 0.3) is 0 Å². The molecule has 8 heteroatoms. The van der Waals surface area contributed by atoms with Crippen LogP contribution in [0.1, 0.15) is 40.2 Å². The second-order valence-corrected chi connectivity index (χ2v) is 9.49. The molecule has 36 heavy (non-hydrogen) atoms. The maximum absolute atomic E-state index is 13.0. The fourth-order valence-corrected chi connectivity index (χ4v) is 5.85. The summed E-state index contributed by atoms with van der Waals surface area (Å²) in [6.45, 7) is -0.194. The topological polar surface area (TPSA) is 103 Å². The van der Waals surface area contributed by atoms with Crippen LogP contribution in [-0.2, 0) is 9.59 Å². The van der Waals surface area contributed by atoms with Crippen molar-refractivity contribution in [2.75, 3.05) is 11.5 Å². The molecule has 2 saturated carbocycles. The quantitative estimate of drug-likeness (QED) is 0.213. The highest BCUT2D eigenvalue weighted by Gasteiger charge is 2.61. The summed E-state index contributed by atoms with van der Waals surface area (Å²) in [5, 5.41) is 0. The number of esters is 1. The Morgan fingerprint density at radius 3 is 2.11 bits per heavy atom. The molecule has 0 N–H and O–H groups in total. The minimum Gasteiger partial charge on any atom is -0.485 e. The maximum Gasteiger partial charge on any atom is 0.379 e. The van der Waals surface area contributed by atoms with E-state index in [1.165, 1.54) is 29.4 Å². The number of carbonyl (C=O) groups excluding carboxylic acids is 4. The zero-order chi connectivity index (χ0) is 24.8. The third-order valence-electron chi connectivity index (χ3n) is 7.50. The molecule has 1 saturated heterocycles. The number of Topliss-reactive ketones (excluding diaryl/α,β-unsaturated/α-hetero) is 1. The third kappa shape index (κ3) is 3.79. The van der Waals surface area contributed by atoms with Gasteiger partial charge in [0.1, 0.15) is 11.5 Å². The summed E-state index contributed by atoms with van der Waals surface area (Å²) in [5.41, 5.74) is 0.941. The molecule has 2 heterocycles. The van der Waals surface area contributed by atoms with Crippen LogP contribution in [0.15, 0.2) is 71.3 Å². The molecular weight excluding hydrogens is 462 g/mol. The molecule has 1 aromatic heterocycles. The molecule has 8 nitrogen and oxygen atoms in total. The molecule has 2 amide bonds. The van der Waals surface area contributed by atoms with Crippen LogP contribution in [0.5, 0.6) is 11.5 Å². The van der Waals surface area contributed by atoms with Crippen LogP contribution < -0.4 is 14.4 Å². The van der Waals surface area contributed by atoms with Gasteiger partial charge in [-0.1, -0.05) is 0 Å². The third-order valence-corrected chi connectivity index (χ3v) is 7.50. The first-order valence-electron chi connectivity index (χ1n) is 12.0. The van der Waals surface area contributed by atoms with Crippen molar-refractivity contribution in [3.05, 3.63) is 78.3 Å². The minimum absolute atomic E-state index is 0.0840. The van der Waals surface area contributed by atoms with Gasteiger partial charge in [-0.05, 0) is 91.8 Å². The van der Waals surface area contributed by atoms with E-state index < -0.39 is 5.97 Å². The van der Waals surface area contributed by atoms with Gasteiger partial charge in [-0.25, -0.2) is 4.79 Å². The molecule has 4 atom stereocenters. The van der Waals surface area contributed by atoms with Crippen molar-refractivity contribution in [3.8, 4) is 11.5 Å². The summed E-state index contributed by atoms with van der Waals surface area (Å²) >= 11 is 0. The second kappa shape index (κ2) is 8.78. The fraction of sp³-hybridized carbons (Fsp3) is 0.286. The zero-order valence-electron chi connectivity index (χ0n) is 19.3. The molecule has 3 aliphatic rings. The Kier molecular flexibility index (Phi) is 5.44. The van der Waals surface area contributed by atoms with E-state index in [1.54, 1.807) is 42.5 Å². The molecule has 182 valence electrons.